The Labute approximate surface area is 102 Å². The number of unbranched alkanes of at least 4 members (excludes halogenated alkanes) is 2. The van der Waals surface area contributed by atoms with Gasteiger partial charge < -0.3 is 0 Å². The van der Waals surface area contributed by atoms with Crippen molar-refractivity contribution in [3.05, 3.63) is 30.1 Å². The first-order valence-corrected chi connectivity index (χ1v) is 5.98. The number of hydrazone groups is 1. The Hall–Kier alpha value is -1.71. The third-order valence-corrected chi connectivity index (χ3v) is 2.39. The lowest BCUT2D eigenvalue weighted by Gasteiger charge is -2.01. The van der Waals surface area contributed by atoms with Crippen molar-refractivity contribution in [2.24, 2.45) is 5.10 Å². The van der Waals surface area contributed by atoms with Gasteiger partial charge in [0.2, 0.25) is 5.91 Å². The molecular weight excluding hydrogens is 214 g/mol. The number of rotatable bonds is 6. The Kier molecular flexibility index (Phi) is 5.93. The second kappa shape index (κ2) is 7.54. The SMILES string of the molecule is CCCCCC(=O)N/N=C(/C)c1ccccn1. The quantitative estimate of drug-likeness (QED) is 0.466. The third-order valence-electron chi connectivity index (χ3n) is 2.39. The standard InChI is InChI=1S/C13H19N3O/c1-3-4-5-9-13(17)16-15-11(2)12-8-6-7-10-14-12/h6-8,10H,3-5,9H2,1-2H3,(H,16,17)/b15-11-. The topological polar surface area (TPSA) is 54.4 Å². The zero-order chi connectivity index (χ0) is 12.5. The number of pyridine rings is 1. The minimum absolute atomic E-state index is 0.0336. The van der Waals surface area contributed by atoms with Crippen LogP contribution in [0.3, 0.4) is 0 Å². The number of nitrogens with one attached hydrogen (secondary N) is 1. The van der Waals surface area contributed by atoms with Crippen LogP contribution < -0.4 is 5.43 Å². The number of carbonyl (C=O) groups is 1. The summed E-state index contributed by atoms with van der Waals surface area (Å²) in [4.78, 5) is 15.6. The van der Waals surface area contributed by atoms with E-state index in [1.807, 2.05) is 25.1 Å². The van der Waals surface area contributed by atoms with E-state index in [0.717, 1.165) is 30.7 Å². The molecule has 1 heterocycles. The zero-order valence-electron chi connectivity index (χ0n) is 10.4. The fourth-order valence-electron chi connectivity index (χ4n) is 1.37. The van der Waals surface area contributed by atoms with Crippen molar-refractivity contribution >= 4 is 11.6 Å². The lowest BCUT2D eigenvalue weighted by Crippen LogP contribution is -2.19. The van der Waals surface area contributed by atoms with E-state index in [2.05, 4.69) is 22.4 Å². The average molecular weight is 233 g/mol. The van der Waals surface area contributed by atoms with Crippen molar-refractivity contribution in [2.45, 2.75) is 39.5 Å². The van der Waals surface area contributed by atoms with E-state index >= 15 is 0 Å². The molecule has 1 amide bonds. The van der Waals surface area contributed by atoms with Crippen LogP contribution >= 0.6 is 0 Å². The summed E-state index contributed by atoms with van der Waals surface area (Å²) >= 11 is 0. The van der Waals surface area contributed by atoms with Gasteiger partial charge in [-0.2, -0.15) is 5.10 Å². The molecule has 0 aromatic carbocycles. The van der Waals surface area contributed by atoms with Crippen molar-refractivity contribution in [1.29, 1.82) is 0 Å². The van der Waals surface area contributed by atoms with Crippen LogP contribution in [0.15, 0.2) is 29.5 Å². The van der Waals surface area contributed by atoms with Gasteiger partial charge in [0, 0.05) is 12.6 Å². The first kappa shape index (κ1) is 13.4. The fourth-order valence-corrected chi connectivity index (χ4v) is 1.37. The number of hydrogen-bond acceptors (Lipinski definition) is 3. The van der Waals surface area contributed by atoms with Crippen LogP contribution in [0, 0.1) is 0 Å². The highest BCUT2D eigenvalue weighted by Gasteiger charge is 2.01. The highest BCUT2D eigenvalue weighted by molar-refractivity contribution is 5.97. The van der Waals surface area contributed by atoms with Crippen LogP contribution in [0.25, 0.3) is 0 Å². The predicted octanol–water partition coefficient (Wildman–Crippen LogP) is 2.50. The second-order valence-corrected chi connectivity index (χ2v) is 3.90. The lowest BCUT2D eigenvalue weighted by atomic mass is 10.2. The fraction of sp³-hybridized carbons (Fsp3) is 0.462. The number of amides is 1. The number of aromatic nitrogens is 1. The van der Waals surface area contributed by atoms with Crippen LogP contribution in [-0.4, -0.2) is 16.6 Å². The molecule has 1 aromatic heterocycles. The van der Waals surface area contributed by atoms with Gasteiger partial charge in [-0.05, 0) is 25.5 Å². The van der Waals surface area contributed by atoms with Crippen molar-refractivity contribution in [1.82, 2.24) is 10.4 Å². The van der Waals surface area contributed by atoms with Gasteiger partial charge in [0.1, 0.15) is 0 Å². The molecule has 0 bridgehead atoms. The van der Waals surface area contributed by atoms with Crippen LogP contribution in [0.1, 0.15) is 45.2 Å². The monoisotopic (exact) mass is 233 g/mol. The first-order valence-electron chi connectivity index (χ1n) is 5.98. The highest BCUT2D eigenvalue weighted by atomic mass is 16.2. The molecule has 1 aromatic rings. The molecule has 17 heavy (non-hydrogen) atoms. The van der Waals surface area contributed by atoms with Crippen molar-refractivity contribution in [3.63, 3.8) is 0 Å². The number of hydrogen-bond donors (Lipinski definition) is 1. The Balaban J connectivity index is 2.40. The number of carbonyl (C=O) groups excluding carboxylic acids is 1. The maximum Gasteiger partial charge on any atom is 0.240 e. The molecule has 0 aliphatic rings. The molecule has 92 valence electrons. The Morgan fingerprint density at radius 2 is 2.24 bits per heavy atom. The molecular formula is C13H19N3O. The van der Waals surface area contributed by atoms with Gasteiger partial charge in [-0.1, -0.05) is 25.8 Å². The van der Waals surface area contributed by atoms with E-state index in [9.17, 15) is 4.79 Å². The molecule has 1 rings (SSSR count). The number of nitrogens with zero attached hydrogens (tertiary/aromatic N) is 2. The molecule has 0 spiro atoms. The van der Waals surface area contributed by atoms with E-state index in [4.69, 9.17) is 0 Å². The molecule has 0 saturated carbocycles. The predicted molar refractivity (Wildman–Crippen MR) is 68.7 cm³/mol. The van der Waals surface area contributed by atoms with Gasteiger partial charge >= 0.3 is 0 Å². The molecule has 4 heteroatoms. The van der Waals surface area contributed by atoms with E-state index in [-0.39, 0.29) is 5.91 Å². The van der Waals surface area contributed by atoms with Crippen molar-refractivity contribution in [3.8, 4) is 0 Å². The average Bonchev–Trinajstić information content (AvgIpc) is 2.37. The first-order chi connectivity index (χ1) is 8.24. The molecule has 1 N–H and O–H groups in total. The summed E-state index contributed by atoms with van der Waals surface area (Å²) < 4.78 is 0. The molecule has 0 saturated heterocycles. The summed E-state index contributed by atoms with van der Waals surface area (Å²) in [7, 11) is 0. The largest absolute Gasteiger partial charge is 0.273 e. The van der Waals surface area contributed by atoms with Crippen molar-refractivity contribution in [2.75, 3.05) is 0 Å². The summed E-state index contributed by atoms with van der Waals surface area (Å²) in [6.07, 6.45) is 5.35. The van der Waals surface area contributed by atoms with Crippen molar-refractivity contribution < 1.29 is 4.79 Å². The molecule has 0 atom stereocenters. The van der Waals surface area contributed by atoms with E-state index in [1.54, 1.807) is 6.20 Å². The lowest BCUT2D eigenvalue weighted by molar-refractivity contribution is -0.121. The minimum atomic E-state index is -0.0336. The van der Waals surface area contributed by atoms with Crippen LogP contribution in [0.5, 0.6) is 0 Å². The molecule has 0 aliphatic carbocycles. The summed E-state index contributed by atoms with van der Waals surface area (Å²) in [5.74, 6) is -0.0336. The second-order valence-electron chi connectivity index (χ2n) is 3.90. The minimum Gasteiger partial charge on any atom is -0.273 e. The van der Waals surface area contributed by atoms with E-state index in [0.29, 0.717) is 6.42 Å². The highest BCUT2D eigenvalue weighted by Crippen LogP contribution is 1.99. The smallest absolute Gasteiger partial charge is 0.240 e. The van der Waals surface area contributed by atoms with Gasteiger partial charge in [-0.25, -0.2) is 5.43 Å². The Morgan fingerprint density at radius 3 is 2.88 bits per heavy atom. The van der Waals surface area contributed by atoms with Crippen LogP contribution in [-0.2, 0) is 4.79 Å². The molecule has 0 fully saturated rings. The molecule has 0 radical (unpaired) electrons. The van der Waals surface area contributed by atoms with Crippen LogP contribution in [0.4, 0.5) is 0 Å². The molecule has 0 unspecified atom stereocenters. The normalized spacial score (nSPS) is 11.3. The van der Waals surface area contributed by atoms with E-state index < -0.39 is 0 Å². The van der Waals surface area contributed by atoms with Crippen LogP contribution in [0.2, 0.25) is 0 Å². The van der Waals surface area contributed by atoms with Gasteiger partial charge in [0.15, 0.2) is 0 Å². The van der Waals surface area contributed by atoms with E-state index in [1.165, 1.54) is 0 Å². The summed E-state index contributed by atoms with van der Waals surface area (Å²) in [6.45, 7) is 3.94. The molecule has 4 nitrogen and oxygen atoms in total. The maximum atomic E-state index is 11.4. The Morgan fingerprint density at radius 1 is 1.41 bits per heavy atom. The summed E-state index contributed by atoms with van der Waals surface area (Å²) in [5.41, 5.74) is 4.04. The third kappa shape index (κ3) is 5.24. The molecule has 0 aliphatic heterocycles. The maximum absolute atomic E-state index is 11.4. The van der Waals surface area contributed by atoms with Gasteiger partial charge in [-0.3, -0.25) is 9.78 Å². The zero-order valence-corrected chi connectivity index (χ0v) is 10.4. The summed E-state index contributed by atoms with van der Waals surface area (Å²) in [6, 6.07) is 5.60. The summed E-state index contributed by atoms with van der Waals surface area (Å²) in [5, 5.41) is 4.03. The van der Waals surface area contributed by atoms with Gasteiger partial charge in [0.25, 0.3) is 0 Å². The van der Waals surface area contributed by atoms with Gasteiger partial charge in [-0.15, -0.1) is 0 Å². The van der Waals surface area contributed by atoms with Gasteiger partial charge in [0.05, 0.1) is 11.4 Å². The Bertz CT molecular complexity index is 374.